The van der Waals surface area contributed by atoms with Crippen molar-refractivity contribution < 1.29 is 9.59 Å². The molecule has 1 saturated carbocycles. The number of carbonyl (C=O) groups excluding carboxylic acids is 2. The van der Waals surface area contributed by atoms with Crippen LogP contribution in [0.5, 0.6) is 0 Å². The van der Waals surface area contributed by atoms with Crippen LogP contribution in [-0.2, 0) is 4.79 Å². The number of hydrogen-bond acceptors (Lipinski definition) is 3. The molecule has 0 saturated heterocycles. The number of rotatable bonds is 4. The van der Waals surface area contributed by atoms with Crippen molar-refractivity contribution in [2.24, 2.45) is 11.8 Å². The molecule has 3 atom stereocenters. The fourth-order valence-corrected chi connectivity index (χ4v) is 4.73. The molecule has 0 spiro atoms. The van der Waals surface area contributed by atoms with Crippen molar-refractivity contribution in [2.45, 2.75) is 45.7 Å². The summed E-state index contributed by atoms with van der Waals surface area (Å²) >= 11 is 0. The SMILES string of the molecule is CNC(=O)c1ccc(NC2c3cc(C)ccc3N(C(C)=O)[C@@H](C3CC3)C2C)cc1. The highest BCUT2D eigenvalue weighted by Crippen LogP contribution is 2.50. The second-order valence-corrected chi connectivity index (χ2v) is 8.42. The highest BCUT2D eigenvalue weighted by Gasteiger charge is 2.47. The van der Waals surface area contributed by atoms with E-state index in [9.17, 15) is 9.59 Å². The van der Waals surface area contributed by atoms with Gasteiger partial charge in [0, 0.05) is 42.9 Å². The second-order valence-electron chi connectivity index (χ2n) is 8.42. The molecule has 1 aliphatic carbocycles. The quantitative estimate of drug-likeness (QED) is 0.817. The zero-order valence-electron chi connectivity index (χ0n) is 17.5. The lowest BCUT2D eigenvalue weighted by molar-refractivity contribution is -0.117. The van der Waals surface area contributed by atoms with Gasteiger partial charge in [0.1, 0.15) is 0 Å². The summed E-state index contributed by atoms with van der Waals surface area (Å²) in [6.07, 6.45) is 2.38. The van der Waals surface area contributed by atoms with E-state index in [1.165, 1.54) is 24.0 Å². The van der Waals surface area contributed by atoms with Gasteiger partial charge < -0.3 is 15.5 Å². The highest BCUT2D eigenvalue weighted by molar-refractivity contribution is 5.95. The molecule has 5 nitrogen and oxygen atoms in total. The van der Waals surface area contributed by atoms with Gasteiger partial charge in [-0.3, -0.25) is 9.59 Å². The third-order valence-corrected chi connectivity index (χ3v) is 6.28. The first kappa shape index (κ1) is 19.5. The number of aryl methyl sites for hydroxylation is 1. The van der Waals surface area contributed by atoms with Crippen molar-refractivity contribution in [3.8, 4) is 0 Å². The first-order valence-electron chi connectivity index (χ1n) is 10.4. The van der Waals surface area contributed by atoms with Crippen LogP contribution in [0, 0.1) is 18.8 Å². The average molecular weight is 392 g/mol. The molecule has 1 fully saturated rings. The van der Waals surface area contributed by atoms with Crippen molar-refractivity contribution in [2.75, 3.05) is 17.3 Å². The summed E-state index contributed by atoms with van der Waals surface area (Å²) in [6, 6.07) is 14.3. The van der Waals surface area contributed by atoms with Gasteiger partial charge in [-0.05, 0) is 61.6 Å². The molecular weight excluding hydrogens is 362 g/mol. The van der Waals surface area contributed by atoms with Crippen LogP contribution in [-0.4, -0.2) is 24.9 Å². The fourth-order valence-electron chi connectivity index (χ4n) is 4.73. The minimum absolute atomic E-state index is 0.0885. The van der Waals surface area contributed by atoms with Gasteiger partial charge in [-0.25, -0.2) is 0 Å². The molecule has 1 heterocycles. The van der Waals surface area contributed by atoms with Crippen LogP contribution in [0.15, 0.2) is 42.5 Å². The summed E-state index contributed by atoms with van der Waals surface area (Å²) in [4.78, 5) is 26.5. The molecule has 2 aromatic rings. The van der Waals surface area contributed by atoms with Gasteiger partial charge in [-0.1, -0.05) is 24.6 Å². The molecule has 1 aliphatic heterocycles. The standard InChI is InChI=1S/C24H29N3O2/c1-14-5-12-21-20(13-14)22(15(2)23(17-6-7-17)27(21)16(3)28)26-19-10-8-18(9-11-19)24(29)25-4/h5,8-13,15,17,22-23,26H,6-7H2,1-4H3,(H,25,29)/t15?,22?,23-/m1/s1. The maximum absolute atomic E-state index is 12.6. The molecule has 2 aliphatic rings. The first-order chi connectivity index (χ1) is 13.9. The van der Waals surface area contributed by atoms with Gasteiger partial charge in [0.05, 0.1) is 6.04 Å². The van der Waals surface area contributed by atoms with Crippen molar-refractivity contribution in [1.29, 1.82) is 0 Å². The lowest BCUT2D eigenvalue weighted by Crippen LogP contribution is -2.51. The molecule has 5 heteroatoms. The molecule has 2 N–H and O–H groups in total. The molecule has 2 amide bonds. The summed E-state index contributed by atoms with van der Waals surface area (Å²) < 4.78 is 0. The van der Waals surface area contributed by atoms with Crippen LogP contribution in [0.25, 0.3) is 0 Å². The highest BCUT2D eigenvalue weighted by atomic mass is 16.2. The third-order valence-electron chi connectivity index (χ3n) is 6.28. The number of nitrogens with zero attached hydrogens (tertiary/aromatic N) is 1. The van der Waals surface area contributed by atoms with E-state index in [-0.39, 0.29) is 29.8 Å². The maximum atomic E-state index is 12.6. The van der Waals surface area contributed by atoms with E-state index >= 15 is 0 Å². The van der Waals surface area contributed by atoms with Crippen LogP contribution < -0.4 is 15.5 Å². The van der Waals surface area contributed by atoms with E-state index in [2.05, 4.69) is 42.7 Å². The molecule has 0 bridgehead atoms. The number of benzene rings is 2. The number of hydrogen-bond donors (Lipinski definition) is 2. The molecule has 0 aromatic heterocycles. The Hall–Kier alpha value is -2.82. The maximum Gasteiger partial charge on any atom is 0.251 e. The van der Waals surface area contributed by atoms with Crippen LogP contribution >= 0.6 is 0 Å². The second kappa shape index (κ2) is 7.54. The fraction of sp³-hybridized carbons (Fsp3) is 0.417. The summed E-state index contributed by atoms with van der Waals surface area (Å²) in [7, 11) is 1.64. The Kier molecular flexibility index (Phi) is 5.07. The van der Waals surface area contributed by atoms with Crippen molar-refractivity contribution >= 4 is 23.2 Å². The predicted octanol–water partition coefficient (Wildman–Crippen LogP) is 4.29. The Bertz CT molecular complexity index is 934. The Morgan fingerprint density at radius 3 is 2.34 bits per heavy atom. The van der Waals surface area contributed by atoms with E-state index < -0.39 is 0 Å². The Morgan fingerprint density at radius 1 is 1.07 bits per heavy atom. The van der Waals surface area contributed by atoms with Crippen LogP contribution in [0.4, 0.5) is 11.4 Å². The Morgan fingerprint density at radius 2 is 1.76 bits per heavy atom. The van der Waals surface area contributed by atoms with Gasteiger partial charge in [-0.15, -0.1) is 0 Å². The zero-order chi connectivity index (χ0) is 20.7. The molecule has 2 unspecified atom stereocenters. The van der Waals surface area contributed by atoms with E-state index in [1.54, 1.807) is 14.0 Å². The molecule has 0 radical (unpaired) electrons. The average Bonchev–Trinajstić information content (AvgIpc) is 3.54. The lowest BCUT2D eigenvalue weighted by Gasteiger charge is -2.46. The largest absolute Gasteiger partial charge is 0.378 e. The lowest BCUT2D eigenvalue weighted by atomic mass is 9.79. The number of amides is 2. The summed E-state index contributed by atoms with van der Waals surface area (Å²) in [5, 5.41) is 6.35. The van der Waals surface area contributed by atoms with Crippen molar-refractivity contribution in [3.05, 3.63) is 59.2 Å². The third kappa shape index (κ3) is 3.61. The number of carbonyl (C=O) groups is 2. The van der Waals surface area contributed by atoms with Gasteiger partial charge in [0.15, 0.2) is 0 Å². The number of nitrogens with one attached hydrogen (secondary N) is 2. The first-order valence-corrected chi connectivity index (χ1v) is 10.4. The number of fused-ring (bicyclic) bond motifs is 1. The summed E-state index contributed by atoms with van der Waals surface area (Å²) in [5.41, 5.74) is 5.00. The number of anilines is 2. The van der Waals surface area contributed by atoms with Crippen LogP contribution in [0.2, 0.25) is 0 Å². The monoisotopic (exact) mass is 391 g/mol. The normalized spacial score (nSPS) is 23.3. The van der Waals surface area contributed by atoms with E-state index in [1.807, 2.05) is 29.2 Å². The smallest absolute Gasteiger partial charge is 0.251 e. The Labute approximate surface area is 172 Å². The molecule has 152 valence electrons. The van der Waals surface area contributed by atoms with Gasteiger partial charge >= 0.3 is 0 Å². The Balaban J connectivity index is 1.71. The summed E-state index contributed by atoms with van der Waals surface area (Å²) in [5.74, 6) is 0.879. The van der Waals surface area contributed by atoms with Gasteiger partial charge in [0.2, 0.25) is 5.91 Å². The van der Waals surface area contributed by atoms with Crippen LogP contribution in [0.1, 0.15) is 54.2 Å². The molecular formula is C24H29N3O2. The molecule has 29 heavy (non-hydrogen) atoms. The zero-order valence-corrected chi connectivity index (χ0v) is 17.5. The van der Waals surface area contributed by atoms with Gasteiger partial charge in [-0.2, -0.15) is 0 Å². The van der Waals surface area contributed by atoms with Crippen molar-refractivity contribution in [1.82, 2.24) is 5.32 Å². The van der Waals surface area contributed by atoms with E-state index in [0.717, 1.165) is 11.4 Å². The van der Waals surface area contributed by atoms with Gasteiger partial charge in [0.25, 0.3) is 5.91 Å². The van der Waals surface area contributed by atoms with E-state index in [0.29, 0.717) is 11.5 Å². The van der Waals surface area contributed by atoms with E-state index in [4.69, 9.17) is 0 Å². The molecule has 2 aromatic carbocycles. The minimum Gasteiger partial charge on any atom is -0.378 e. The summed E-state index contributed by atoms with van der Waals surface area (Å²) in [6.45, 7) is 6.02. The minimum atomic E-state index is -0.0885. The predicted molar refractivity (Wildman–Crippen MR) is 116 cm³/mol. The van der Waals surface area contributed by atoms with Crippen LogP contribution in [0.3, 0.4) is 0 Å². The van der Waals surface area contributed by atoms with Crippen molar-refractivity contribution in [3.63, 3.8) is 0 Å². The topological polar surface area (TPSA) is 61.4 Å². The molecule has 4 rings (SSSR count).